The maximum Gasteiger partial charge on any atom is 0.324 e. The van der Waals surface area contributed by atoms with Crippen molar-refractivity contribution in [3.63, 3.8) is 0 Å². The quantitative estimate of drug-likeness (QED) is 0.540. The van der Waals surface area contributed by atoms with Gasteiger partial charge in [0.1, 0.15) is 19.3 Å². The average Bonchev–Trinajstić information content (AvgIpc) is 2.77. The van der Waals surface area contributed by atoms with Gasteiger partial charge in [-0.2, -0.15) is 4.72 Å². The van der Waals surface area contributed by atoms with Crippen molar-refractivity contribution in [2.45, 2.75) is 31.2 Å². The van der Waals surface area contributed by atoms with Gasteiger partial charge in [0, 0.05) is 6.54 Å². The van der Waals surface area contributed by atoms with Crippen LogP contribution in [0.4, 0.5) is 0 Å². The summed E-state index contributed by atoms with van der Waals surface area (Å²) in [6, 6.07) is 10.7. The third-order valence-electron chi connectivity index (χ3n) is 4.70. The van der Waals surface area contributed by atoms with Crippen LogP contribution in [-0.2, 0) is 30.8 Å². The number of fused-ring (bicyclic) bond motifs is 1. The van der Waals surface area contributed by atoms with Crippen molar-refractivity contribution >= 4 is 21.9 Å². The van der Waals surface area contributed by atoms with Gasteiger partial charge >= 0.3 is 5.97 Å². The van der Waals surface area contributed by atoms with Gasteiger partial charge in [0.25, 0.3) is 5.91 Å². The molecule has 32 heavy (non-hydrogen) atoms. The molecule has 10 heteroatoms. The van der Waals surface area contributed by atoms with Gasteiger partial charge in [0.05, 0.1) is 4.90 Å². The summed E-state index contributed by atoms with van der Waals surface area (Å²) in [7, 11) is -3.88. The first-order chi connectivity index (χ1) is 15.2. The maximum atomic E-state index is 12.3. The zero-order chi connectivity index (χ0) is 23.1. The summed E-state index contributed by atoms with van der Waals surface area (Å²) in [5.41, 5.74) is 1.88. The van der Waals surface area contributed by atoms with E-state index >= 15 is 0 Å². The van der Waals surface area contributed by atoms with Crippen LogP contribution >= 0.6 is 0 Å². The molecule has 1 heterocycles. The molecule has 1 aliphatic rings. The van der Waals surface area contributed by atoms with Crippen molar-refractivity contribution < 1.29 is 32.2 Å². The smallest absolute Gasteiger partial charge is 0.324 e. The number of hydrogen-bond donors (Lipinski definition) is 2. The van der Waals surface area contributed by atoms with Crippen LogP contribution in [0.25, 0.3) is 0 Å². The Kier molecular flexibility index (Phi) is 7.70. The Morgan fingerprint density at radius 3 is 2.47 bits per heavy atom. The predicted octanol–water partition coefficient (Wildman–Crippen LogP) is 1.34. The number of hydrogen-bond acceptors (Lipinski definition) is 7. The molecule has 9 nitrogen and oxygen atoms in total. The summed E-state index contributed by atoms with van der Waals surface area (Å²) >= 11 is 0. The van der Waals surface area contributed by atoms with E-state index in [0.29, 0.717) is 37.7 Å². The summed E-state index contributed by atoms with van der Waals surface area (Å²) in [6.45, 7) is 4.05. The number of carbonyl (C=O) groups excluding carboxylic acids is 2. The fraction of sp³-hybridized carbons (Fsp3) is 0.364. The van der Waals surface area contributed by atoms with Crippen molar-refractivity contribution in [1.82, 2.24) is 10.0 Å². The standard InChI is InChI=1S/C22H26N2O7S/c1-15-3-6-18(7-4-15)32(27,28)24-16(2)22(26)31-14-21(25)23-10-9-17-5-8-19-20(13-17)30-12-11-29-19/h3-8,13,16,24H,9-12,14H2,1-2H3,(H,23,25)/t16-/m0/s1. The summed E-state index contributed by atoms with van der Waals surface area (Å²) in [5, 5.41) is 2.66. The number of carbonyl (C=O) groups is 2. The topological polar surface area (TPSA) is 120 Å². The lowest BCUT2D eigenvalue weighted by molar-refractivity contribution is -0.149. The van der Waals surface area contributed by atoms with E-state index in [2.05, 4.69) is 10.0 Å². The summed E-state index contributed by atoms with van der Waals surface area (Å²) in [4.78, 5) is 24.1. The lowest BCUT2D eigenvalue weighted by Gasteiger charge is -2.18. The van der Waals surface area contributed by atoms with E-state index < -0.39 is 34.5 Å². The number of benzene rings is 2. The van der Waals surface area contributed by atoms with Crippen LogP contribution in [0.2, 0.25) is 0 Å². The fourth-order valence-corrected chi connectivity index (χ4v) is 4.16. The number of amides is 1. The van der Waals surface area contributed by atoms with Crippen molar-refractivity contribution in [3.05, 3.63) is 53.6 Å². The predicted molar refractivity (Wildman–Crippen MR) is 116 cm³/mol. The number of nitrogens with one attached hydrogen (secondary N) is 2. The Hall–Kier alpha value is -3.11. The molecule has 1 aliphatic heterocycles. The van der Waals surface area contributed by atoms with Gasteiger partial charge < -0.3 is 19.5 Å². The van der Waals surface area contributed by atoms with Crippen LogP contribution in [0, 0.1) is 6.92 Å². The Morgan fingerprint density at radius 1 is 1.06 bits per heavy atom. The van der Waals surface area contributed by atoms with Crippen LogP contribution < -0.4 is 19.5 Å². The van der Waals surface area contributed by atoms with E-state index in [0.717, 1.165) is 11.1 Å². The highest BCUT2D eigenvalue weighted by Crippen LogP contribution is 2.30. The molecule has 0 saturated carbocycles. The van der Waals surface area contributed by atoms with Gasteiger partial charge in [-0.25, -0.2) is 8.42 Å². The van der Waals surface area contributed by atoms with Gasteiger partial charge in [-0.1, -0.05) is 23.8 Å². The second-order valence-electron chi connectivity index (χ2n) is 7.34. The highest BCUT2D eigenvalue weighted by molar-refractivity contribution is 7.89. The number of ether oxygens (including phenoxy) is 3. The molecule has 1 amide bonds. The van der Waals surface area contributed by atoms with Crippen molar-refractivity contribution in [2.24, 2.45) is 0 Å². The molecule has 0 spiro atoms. The minimum atomic E-state index is -3.88. The van der Waals surface area contributed by atoms with E-state index in [4.69, 9.17) is 14.2 Å². The lowest BCUT2D eigenvalue weighted by Crippen LogP contribution is -2.41. The van der Waals surface area contributed by atoms with Gasteiger partial charge in [-0.15, -0.1) is 0 Å². The maximum absolute atomic E-state index is 12.3. The van der Waals surface area contributed by atoms with Crippen LogP contribution in [0.5, 0.6) is 11.5 Å². The molecule has 3 rings (SSSR count). The molecule has 0 unspecified atom stereocenters. The molecule has 0 saturated heterocycles. The van der Waals surface area contributed by atoms with E-state index in [1.807, 2.05) is 25.1 Å². The largest absolute Gasteiger partial charge is 0.486 e. The zero-order valence-corrected chi connectivity index (χ0v) is 18.7. The molecular weight excluding hydrogens is 436 g/mol. The summed E-state index contributed by atoms with van der Waals surface area (Å²) in [5.74, 6) is 0.0475. The third kappa shape index (κ3) is 6.44. The van der Waals surface area contributed by atoms with Crippen LogP contribution in [-0.4, -0.2) is 52.7 Å². The monoisotopic (exact) mass is 462 g/mol. The van der Waals surface area contributed by atoms with Crippen LogP contribution in [0.1, 0.15) is 18.1 Å². The van der Waals surface area contributed by atoms with Gasteiger partial charge in [-0.05, 0) is 50.1 Å². The number of aryl methyl sites for hydroxylation is 1. The first-order valence-electron chi connectivity index (χ1n) is 10.2. The van der Waals surface area contributed by atoms with E-state index in [1.54, 1.807) is 12.1 Å². The summed E-state index contributed by atoms with van der Waals surface area (Å²) < 4.78 is 42.9. The third-order valence-corrected chi connectivity index (χ3v) is 6.26. The molecular formula is C22H26N2O7S. The minimum Gasteiger partial charge on any atom is -0.486 e. The van der Waals surface area contributed by atoms with Gasteiger partial charge in [0.2, 0.25) is 10.0 Å². The second-order valence-corrected chi connectivity index (χ2v) is 9.06. The molecule has 2 aromatic carbocycles. The molecule has 0 bridgehead atoms. The lowest BCUT2D eigenvalue weighted by atomic mass is 10.1. The normalized spacial score (nSPS) is 13.8. The molecule has 2 N–H and O–H groups in total. The van der Waals surface area contributed by atoms with Gasteiger partial charge in [-0.3, -0.25) is 9.59 Å². The SMILES string of the molecule is Cc1ccc(S(=O)(=O)N[C@@H](C)C(=O)OCC(=O)NCCc2ccc3c(c2)OCCO3)cc1. The van der Waals surface area contributed by atoms with Crippen molar-refractivity contribution in [2.75, 3.05) is 26.4 Å². The van der Waals surface area contributed by atoms with Crippen molar-refractivity contribution in [1.29, 1.82) is 0 Å². The highest BCUT2D eigenvalue weighted by Gasteiger charge is 2.23. The molecule has 172 valence electrons. The Bertz CT molecular complexity index is 1070. The van der Waals surface area contributed by atoms with Crippen LogP contribution in [0.15, 0.2) is 47.4 Å². The van der Waals surface area contributed by atoms with Gasteiger partial charge in [0.15, 0.2) is 18.1 Å². The number of esters is 1. The Morgan fingerprint density at radius 2 is 1.75 bits per heavy atom. The minimum absolute atomic E-state index is 0.0413. The van der Waals surface area contributed by atoms with Crippen molar-refractivity contribution in [3.8, 4) is 11.5 Å². The Balaban J connectivity index is 1.40. The number of rotatable bonds is 9. The van der Waals surface area contributed by atoms with E-state index in [9.17, 15) is 18.0 Å². The first kappa shape index (κ1) is 23.6. The molecule has 0 fully saturated rings. The fourth-order valence-electron chi connectivity index (χ4n) is 2.97. The van der Waals surface area contributed by atoms with E-state index in [-0.39, 0.29) is 4.90 Å². The molecule has 0 radical (unpaired) electrons. The molecule has 0 aromatic heterocycles. The number of sulfonamides is 1. The second kappa shape index (κ2) is 10.5. The molecule has 1 atom stereocenters. The Labute approximate surface area is 187 Å². The van der Waals surface area contributed by atoms with Crippen LogP contribution in [0.3, 0.4) is 0 Å². The summed E-state index contributed by atoms with van der Waals surface area (Å²) in [6.07, 6.45) is 0.559. The van der Waals surface area contributed by atoms with E-state index in [1.165, 1.54) is 19.1 Å². The first-order valence-corrected chi connectivity index (χ1v) is 11.6. The molecule has 0 aliphatic carbocycles. The molecule has 2 aromatic rings. The highest BCUT2D eigenvalue weighted by atomic mass is 32.2. The average molecular weight is 463 g/mol. The zero-order valence-electron chi connectivity index (χ0n) is 17.9.